The van der Waals surface area contributed by atoms with Crippen LogP contribution in [0, 0.1) is 5.92 Å². The van der Waals surface area contributed by atoms with Gasteiger partial charge in [0.05, 0.1) is 12.6 Å². The molecule has 0 aliphatic carbocycles. The van der Waals surface area contributed by atoms with Crippen LogP contribution in [0.1, 0.15) is 45.0 Å². The van der Waals surface area contributed by atoms with Crippen LogP contribution >= 0.6 is 0 Å². The Labute approximate surface area is 132 Å². The zero-order valence-electron chi connectivity index (χ0n) is 14.0. The predicted molar refractivity (Wildman–Crippen MR) is 85.7 cm³/mol. The molecule has 4 heteroatoms. The number of Topliss-reactive ketones (excluding diaryl/α,β-unsaturated/α-hetero) is 1. The Balaban J connectivity index is 2.05. The van der Waals surface area contributed by atoms with Gasteiger partial charge in [0, 0.05) is 11.6 Å². The zero-order valence-corrected chi connectivity index (χ0v) is 14.0. The van der Waals surface area contributed by atoms with Crippen molar-refractivity contribution in [1.82, 2.24) is 4.90 Å². The maximum atomic E-state index is 12.6. The number of ketones is 1. The summed E-state index contributed by atoms with van der Waals surface area (Å²) in [6, 6.07) is 9.15. The number of carbonyl (C=O) groups is 2. The second-order valence-corrected chi connectivity index (χ2v) is 7.17. The first-order valence-electron chi connectivity index (χ1n) is 7.77. The van der Waals surface area contributed by atoms with E-state index in [2.05, 4.69) is 13.8 Å². The molecule has 2 rings (SSSR count). The first kappa shape index (κ1) is 16.7. The Morgan fingerprint density at radius 1 is 1.18 bits per heavy atom. The largest absolute Gasteiger partial charge is 0.459 e. The highest BCUT2D eigenvalue weighted by molar-refractivity contribution is 6.03. The number of hydrogen-bond acceptors (Lipinski definition) is 4. The Morgan fingerprint density at radius 3 is 2.27 bits per heavy atom. The third-order valence-corrected chi connectivity index (χ3v) is 3.72. The van der Waals surface area contributed by atoms with Gasteiger partial charge in [-0.05, 0) is 26.7 Å². The number of rotatable bonds is 5. The minimum Gasteiger partial charge on any atom is -0.459 e. The van der Waals surface area contributed by atoms with Gasteiger partial charge in [0.2, 0.25) is 0 Å². The molecule has 0 N–H and O–H groups in total. The lowest BCUT2D eigenvalue weighted by molar-refractivity contribution is -0.154. The second-order valence-electron chi connectivity index (χ2n) is 7.17. The average molecular weight is 303 g/mol. The smallest absolute Gasteiger partial charge is 0.320 e. The van der Waals surface area contributed by atoms with Gasteiger partial charge in [0.1, 0.15) is 5.60 Å². The first-order valence-corrected chi connectivity index (χ1v) is 7.77. The summed E-state index contributed by atoms with van der Waals surface area (Å²) in [5, 5.41) is 0. The first-order chi connectivity index (χ1) is 10.2. The van der Waals surface area contributed by atoms with Gasteiger partial charge < -0.3 is 4.74 Å². The van der Waals surface area contributed by atoms with Crippen LogP contribution in [0.5, 0.6) is 0 Å². The van der Waals surface area contributed by atoms with E-state index in [0.29, 0.717) is 11.5 Å². The summed E-state index contributed by atoms with van der Waals surface area (Å²) in [7, 11) is 0. The van der Waals surface area contributed by atoms with Crippen molar-refractivity contribution < 1.29 is 14.3 Å². The predicted octanol–water partition coefficient (Wildman–Crippen LogP) is 2.92. The van der Waals surface area contributed by atoms with Crippen molar-refractivity contribution in [3.8, 4) is 0 Å². The van der Waals surface area contributed by atoms with E-state index in [1.54, 1.807) is 0 Å². The molecule has 1 aromatic rings. The lowest BCUT2D eigenvalue weighted by atomic mass is 10.0. The van der Waals surface area contributed by atoms with E-state index < -0.39 is 5.60 Å². The van der Waals surface area contributed by atoms with E-state index in [9.17, 15) is 9.59 Å². The van der Waals surface area contributed by atoms with Crippen molar-refractivity contribution in [2.24, 2.45) is 5.92 Å². The van der Waals surface area contributed by atoms with Gasteiger partial charge in [-0.1, -0.05) is 44.2 Å². The summed E-state index contributed by atoms with van der Waals surface area (Å²) < 4.78 is 5.36. The molecule has 0 aromatic heterocycles. The zero-order chi connectivity index (χ0) is 16.5. The van der Waals surface area contributed by atoms with E-state index in [0.717, 1.165) is 0 Å². The molecule has 0 saturated carbocycles. The molecule has 1 aromatic carbocycles. The Hall–Kier alpha value is -1.68. The highest BCUT2D eigenvalue weighted by Crippen LogP contribution is 2.36. The lowest BCUT2D eigenvalue weighted by Gasteiger charge is -2.19. The molecule has 0 bridgehead atoms. The van der Waals surface area contributed by atoms with Crippen LogP contribution in [0.25, 0.3) is 0 Å². The van der Waals surface area contributed by atoms with Crippen LogP contribution in [0.3, 0.4) is 0 Å². The third kappa shape index (κ3) is 3.95. The fraction of sp³-hybridized carbons (Fsp3) is 0.556. The molecule has 0 amide bonds. The van der Waals surface area contributed by atoms with Gasteiger partial charge in [-0.2, -0.15) is 0 Å². The molecular weight excluding hydrogens is 278 g/mol. The summed E-state index contributed by atoms with van der Waals surface area (Å²) in [6.07, 6.45) is 0. The van der Waals surface area contributed by atoms with Crippen LogP contribution in [0.4, 0.5) is 0 Å². The molecule has 0 radical (unpaired) electrons. The summed E-state index contributed by atoms with van der Waals surface area (Å²) in [5.74, 6) is 0.129. The van der Waals surface area contributed by atoms with E-state index in [-0.39, 0.29) is 30.4 Å². The molecule has 1 saturated heterocycles. The monoisotopic (exact) mass is 303 g/mol. The molecule has 1 heterocycles. The van der Waals surface area contributed by atoms with Gasteiger partial charge >= 0.3 is 5.97 Å². The third-order valence-electron chi connectivity index (χ3n) is 3.72. The molecule has 0 spiro atoms. The minimum atomic E-state index is -0.501. The molecule has 1 aliphatic rings. The lowest BCUT2D eigenvalue weighted by Crippen LogP contribution is -2.29. The normalized spacial score (nSPS) is 24.2. The average Bonchev–Trinajstić information content (AvgIpc) is 3.10. The van der Waals surface area contributed by atoms with Crippen LogP contribution in [-0.2, 0) is 9.53 Å². The molecule has 1 aliphatic heterocycles. The van der Waals surface area contributed by atoms with Crippen LogP contribution in [0.2, 0.25) is 0 Å². The van der Waals surface area contributed by atoms with Crippen molar-refractivity contribution in [1.29, 1.82) is 0 Å². The molecule has 120 valence electrons. The Kier molecular flexibility index (Phi) is 4.71. The van der Waals surface area contributed by atoms with Gasteiger partial charge in [-0.3, -0.25) is 14.5 Å². The van der Waals surface area contributed by atoms with Gasteiger partial charge in [-0.25, -0.2) is 0 Å². The van der Waals surface area contributed by atoms with Gasteiger partial charge in [0.15, 0.2) is 5.78 Å². The number of hydrogen-bond donors (Lipinski definition) is 0. The van der Waals surface area contributed by atoms with E-state index >= 15 is 0 Å². The van der Waals surface area contributed by atoms with E-state index in [1.807, 2.05) is 56.0 Å². The van der Waals surface area contributed by atoms with Crippen molar-refractivity contribution in [2.75, 3.05) is 6.54 Å². The Bertz CT molecular complexity index is 545. The van der Waals surface area contributed by atoms with Crippen LogP contribution in [-0.4, -0.2) is 40.9 Å². The maximum absolute atomic E-state index is 12.6. The number of nitrogens with zero attached hydrogens (tertiary/aromatic N) is 1. The van der Waals surface area contributed by atoms with Crippen molar-refractivity contribution in [2.45, 2.75) is 52.3 Å². The van der Waals surface area contributed by atoms with Gasteiger partial charge in [0.25, 0.3) is 0 Å². The van der Waals surface area contributed by atoms with Crippen molar-refractivity contribution >= 4 is 11.8 Å². The van der Waals surface area contributed by atoms with Crippen molar-refractivity contribution in [3.63, 3.8) is 0 Å². The number of ether oxygens (including phenoxy) is 1. The molecule has 1 fully saturated rings. The fourth-order valence-corrected chi connectivity index (χ4v) is 2.85. The molecule has 22 heavy (non-hydrogen) atoms. The number of carbonyl (C=O) groups excluding carboxylic acids is 2. The topological polar surface area (TPSA) is 46.4 Å². The standard InChI is InChI=1S/C18H25NO3/c1-12(2)15-16(17(21)13-9-7-6-8-10-13)19(15)11-14(20)22-18(3,4)5/h6-10,12,15-16H,11H2,1-5H3/t15-,16+,19?/m0/s1. The summed E-state index contributed by atoms with van der Waals surface area (Å²) in [4.78, 5) is 26.6. The molecule has 3 atom stereocenters. The van der Waals surface area contributed by atoms with Crippen LogP contribution < -0.4 is 0 Å². The summed E-state index contributed by atoms with van der Waals surface area (Å²) >= 11 is 0. The van der Waals surface area contributed by atoms with Crippen LogP contribution in [0.15, 0.2) is 30.3 Å². The summed E-state index contributed by atoms with van der Waals surface area (Å²) in [6.45, 7) is 9.86. The second kappa shape index (κ2) is 6.21. The molecular formula is C18H25NO3. The number of benzene rings is 1. The quantitative estimate of drug-likeness (QED) is 0.477. The molecule has 4 nitrogen and oxygen atoms in total. The van der Waals surface area contributed by atoms with E-state index in [4.69, 9.17) is 4.74 Å². The minimum absolute atomic E-state index is 0.0860. The Morgan fingerprint density at radius 2 is 1.77 bits per heavy atom. The summed E-state index contributed by atoms with van der Waals surface area (Å²) in [5.41, 5.74) is 0.198. The SMILES string of the molecule is CC(C)[C@H]1[C@H](C(=O)c2ccccc2)N1CC(=O)OC(C)(C)C. The maximum Gasteiger partial charge on any atom is 0.320 e. The number of esters is 1. The van der Waals surface area contributed by atoms with E-state index in [1.165, 1.54) is 0 Å². The highest BCUT2D eigenvalue weighted by Gasteiger charge is 2.54. The highest BCUT2D eigenvalue weighted by atomic mass is 16.6. The van der Waals surface area contributed by atoms with Crippen molar-refractivity contribution in [3.05, 3.63) is 35.9 Å². The molecule has 1 unspecified atom stereocenters. The van der Waals surface area contributed by atoms with Gasteiger partial charge in [-0.15, -0.1) is 0 Å². The fourth-order valence-electron chi connectivity index (χ4n) is 2.85.